The molecule has 4 nitrogen and oxygen atoms in total. The number of methoxy groups -OCH3 is 1. The lowest BCUT2D eigenvalue weighted by Gasteiger charge is -2.54. The lowest BCUT2D eigenvalue weighted by atomic mass is 9.59. The second-order valence-corrected chi connectivity index (χ2v) is 6.16. The van der Waals surface area contributed by atoms with E-state index in [4.69, 9.17) is 14.2 Å². The number of fused-ring (bicyclic) bond motifs is 2. The first-order valence-corrected chi connectivity index (χ1v) is 7.29. The van der Waals surface area contributed by atoms with Gasteiger partial charge in [0, 0.05) is 13.5 Å². The number of ether oxygens (including phenoxy) is 3. The fourth-order valence-electron chi connectivity index (χ4n) is 3.98. The molecule has 2 bridgehead atoms. The highest BCUT2D eigenvalue weighted by Gasteiger charge is 2.56. The van der Waals surface area contributed by atoms with Gasteiger partial charge in [0.2, 0.25) is 0 Å². The van der Waals surface area contributed by atoms with Crippen LogP contribution in [-0.4, -0.2) is 42.9 Å². The molecule has 19 heavy (non-hydrogen) atoms. The lowest BCUT2D eigenvalue weighted by molar-refractivity contribution is -0.191. The van der Waals surface area contributed by atoms with E-state index in [1.165, 1.54) is 5.57 Å². The van der Waals surface area contributed by atoms with Crippen LogP contribution < -0.4 is 0 Å². The van der Waals surface area contributed by atoms with Crippen molar-refractivity contribution in [2.45, 2.75) is 56.5 Å². The van der Waals surface area contributed by atoms with E-state index < -0.39 is 11.2 Å². The number of hydrogen-bond donors (Lipinski definition) is 1. The summed E-state index contributed by atoms with van der Waals surface area (Å²) >= 11 is 0. The summed E-state index contributed by atoms with van der Waals surface area (Å²) in [6.07, 6.45) is 6.25. The molecule has 1 saturated heterocycles. The van der Waals surface area contributed by atoms with Crippen molar-refractivity contribution in [1.29, 1.82) is 0 Å². The highest BCUT2D eigenvalue weighted by atomic mass is 16.7. The molecule has 0 unspecified atom stereocenters. The van der Waals surface area contributed by atoms with E-state index in [9.17, 15) is 5.11 Å². The predicted octanol–water partition coefficient (Wildman–Crippen LogP) is 2.02. The second kappa shape index (κ2) is 4.85. The first-order chi connectivity index (χ1) is 9.09. The Morgan fingerprint density at radius 1 is 1.42 bits per heavy atom. The summed E-state index contributed by atoms with van der Waals surface area (Å²) in [5.41, 5.74) is 0.0790. The first kappa shape index (κ1) is 13.6. The van der Waals surface area contributed by atoms with Crippen molar-refractivity contribution >= 4 is 0 Å². The summed E-state index contributed by atoms with van der Waals surface area (Å²) in [6, 6.07) is 0. The Balaban J connectivity index is 1.75. The van der Waals surface area contributed by atoms with Crippen LogP contribution in [0.5, 0.6) is 0 Å². The number of aliphatic hydroxyl groups is 1. The van der Waals surface area contributed by atoms with Crippen molar-refractivity contribution in [3.63, 3.8) is 0 Å². The molecule has 4 rings (SSSR count). The zero-order chi connectivity index (χ0) is 13.5. The smallest absolute Gasteiger partial charge is 0.157 e. The van der Waals surface area contributed by atoms with Crippen molar-refractivity contribution in [2.24, 2.45) is 5.92 Å². The molecule has 3 atom stereocenters. The van der Waals surface area contributed by atoms with E-state index in [-0.39, 0.29) is 6.29 Å². The van der Waals surface area contributed by atoms with Gasteiger partial charge in [-0.1, -0.05) is 11.6 Å². The van der Waals surface area contributed by atoms with E-state index in [1.807, 2.05) is 0 Å². The molecule has 2 fully saturated rings. The average molecular weight is 268 g/mol. The molecule has 0 aromatic carbocycles. The first-order valence-electron chi connectivity index (χ1n) is 7.29. The number of rotatable bonds is 4. The molecular weight excluding hydrogens is 244 g/mol. The third-order valence-electron chi connectivity index (χ3n) is 5.19. The van der Waals surface area contributed by atoms with Crippen LogP contribution in [0.4, 0.5) is 0 Å². The zero-order valence-corrected chi connectivity index (χ0v) is 11.9. The zero-order valence-electron chi connectivity index (χ0n) is 11.9. The maximum atomic E-state index is 11.1. The van der Waals surface area contributed by atoms with Gasteiger partial charge >= 0.3 is 0 Å². The molecular formula is C15H24O4. The Morgan fingerprint density at radius 3 is 2.79 bits per heavy atom. The molecule has 1 aliphatic heterocycles. The van der Waals surface area contributed by atoms with Crippen molar-refractivity contribution in [3.8, 4) is 0 Å². The van der Waals surface area contributed by atoms with Crippen molar-refractivity contribution < 1.29 is 19.3 Å². The Morgan fingerprint density at radius 2 is 2.16 bits per heavy atom. The van der Waals surface area contributed by atoms with E-state index in [0.717, 1.165) is 25.7 Å². The van der Waals surface area contributed by atoms with Gasteiger partial charge in [0.15, 0.2) is 6.29 Å². The van der Waals surface area contributed by atoms with Gasteiger partial charge < -0.3 is 19.3 Å². The summed E-state index contributed by atoms with van der Waals surface area (Å²) in [7, 11) is 1.71. The summed E-state index contributed by atoms with van der Waals surface area (Å²) in [6.45, 7) is 3.49. The summed E-state index contributed by atoms with van der Waals surface area (Å²) < 4.78 is 16.7. The van der Waals surface area contributed by atoms with Crippen LogP contribution >= 0.6 is 0 Å². The molecule has 1 heterocycles. The van der Waals surface area contributed by atoms with Crippen LogP contribution in [-0.2, 0) is 14.2 Å². The van der Waals surface area contributed by atoms with Gasteiger partial charge in [-0.2, -0.15) is 0 Å². The van der Waals surface area contributed by atoms with Gasteiger partial charge in [-0.05, 0) is 38.5 Å². The average Bonchev–Trinajstić information content (AvgIpc) is 2.92. The largest absolute Gasteiger partial charge is 0.387 e. The van der Waals surface area contributed by atoms with Crippen molar-refractivity contribution in [3.05, 3.63) is 11.6 Å². The lowest BCUT2D eigenvalue weighted by Crippen LogP contribution is -2.61. The van der Waals surface area contributed by atoms with Crippen LogP contribution in [0.2, 0.25) is 0 Å². The maximum absolute atomic E-state index is 11.1. The molecule has 0 aromatic rings. The molecule has 108 valence electrons. The third kappa shape index (κ3) is 2.15. The maximum Gasteiger partial charge on any atom is 0.157 e. The topological polar surface area (TPSA) is 47.9 Å². The summed E-state index contributed by atoms with van der Waals surface area (Å²) in [5.74, 6) is 0.507. The summed E-state index contributed by atoms with van der Waals surface area (Å²) in [4.78, 5) is 0. The van der Waals surface area contributed by atoms with Gasteiger partial charge in [0.25, 0.3) is 0 Å². The molecule has 3 aliphatic carbocycles. The molecule has 0 radical (unpaired) electrons. The van der Waals surface area contributed by atoms with E-state index in [1.54, 1.807) is 7.11 Å². The highest BCUT2D eigenvalue weighted by molar-refractivity contribution is 5.28. The van der Waals surface area contributed by atoms with Crippen LogP contribution in [0, 0.1) is 5.92 Å². The SMILES string of the molecule is CO[C@@]12C=C(C)[C@@H](CC1)C[C@@]2(O)CCC1OCCO1. The van der Waals surface area contributed by atoms with Gasteiger partial charge in [0.05, 0.1) is 18.8 Å². The fraction of sp³-hybridized carbons (Fsp3) is 0.867. The minimum atomic E-state index is -0.778. The second-order valence-electron chi connectivity index (χ2n) is 6.16. The minimum Gasteiger partial charge on any atom is -0.387 e. The Kier molecular flexibility index (Phi) is 3.46. The van der Waals surface area contributed by atoms with E-state index in [0.29, 0.717) is 25.6 Å². The molecule has 1 N–H and O–H groups in total. The van der Waals surface area contributed by atoms with Crippen molar-refractivity contribution in [1.82, 2.24) is 0 Å². The molecule has 0 spiro atoms. The monoisotopic (exact) mass is 268 g/mol. The fourth-order valence-corrected chi connectivity index (χ4v) is 3.98. The number of allylic oxidation sites excluding steroid dienone is 1. The van der Waals surface area contributed by atoms with Gasteiger partial charge in [-0.3, -0.25) is 0 Å². The van der Waals surface area contributed by atoms with Gasteiger partial charge in [0.1, 0.15) is 5.60 Å². The predicted molar refractivity (Wildman–Crippen MR) is 70.7 cm³/mol. The molecule has 0 amide bonds. The van der Waals surface area contributed by atoms with Crippen LogP contribution in [0.25, 0.3) is 0 Å². The van der Waals surface area contributed by atoms with Crippen LogP contribution in [0.15, 0.2) is 11.6 Å². The van der Waals surface area contributed by atoms with E-state index in [2.05, 4.69) is 13.0 Å². The van der Waals surface area contributed by atoms with Gasteiger partial charge in [-0.25, -0.2) is 0 Å². The molecule has 4 heteroatoms. The number of hydrogen-bond acceptors (Lipinski definition) is 4. The quantitative estimate of drug-likeness (QED) is 0.792. The summed E-state index contributed by atoms with van der Waals surface area (Å²) in [5, 5.41) is 11.1. The normalized spacial score (nSPS) is 42.7. The van der Waals surface area contributed by atoms with Crippen molar-refractivity contribution in [2.75, 3.05) is 20.3 Å². The molecule has 1 saturated carbocycles. The Bertz CT molecular complexity index is 374. The molecule has 0 aromatic heterocycles. The Labute approximate surface area is 114 Å². The minimum absolute atomic E-state index is 0.150. The van der Waals surface area contributed by atoms with E-state index >= 15 is 0 Å². The standard InChI is InChI=1S/C15H24O4/c1-11-9-15(17-2)6-3-12(11)10-14(15,16)5-4-13-18-7-8-19-13/h9,12-13,16H,3-8,10H2,1-2H3/t12-,14-,15+/m0/s1. The van der Waals surface area contributed by atoms with Gasteiger partial charge in [-0.15, -0.1) is 0 Å². The van der Waals surface area contributed by atoms with Crippen LogP contribution in [0.3, 0.4) is 0 Å². The Hall–Kier alpha value is -0.420. The van der Waals surface area contributed by atoms with Crippen LogP contribution in [0.1, 0.15) is 39.0 Å². The molecule has 4 aliphatic rings. The highest BCUT2D eigenvalue weighted by Crippen LogP contribution is 2.52. The third-order valence-corrected chi connectivity index (χ3v) is 5.19.